The van der Waals surface area contributed by atoms with Gasteiger partial charge in [0.2, 0.25) is 5.91 Å². The number of aromatic nitrogens is 4. The smallest absolute Gasteiger partial charge is 0.236 e. The number of hydrogen-bond acceptors (Lipinski definition) is 6. The van der Waals surface area contributed by atoms with Crippen LogP contribution in [0.3, 0.4) is 0 Å². The van der Waals surface area contributed by atoms with Gasteiger partial charge in [0.25, 0.3) is 0 Å². The number of amides is 1. The van der Waals surface area contributed by atoms with Crippen molar-refractivity contribution in [3.05, 3.63) is 47.1 Å². The molecule has 0 aliphatic rings. The van der Waals surface area contributed by atoms with Crippen LogP contribution in [0.15, 0.2) is 52.2 Å². The molecule has 9 heteroatoms. The lowest BCUT2D eigenvalue weighted by molar-refractivity contribution is -0.113. The number of nitrogens with one attached hydrogen (secondary N) is 1. The first kappa shape index (κ1) is 18.4. The molecule has 0 unspecified atom stereocenters. The number of pyridine rings is 1. The van der Waals surface area contributed by atoms with Crippen molar-refractivity contribution in [2.75, 3.05) is 18.2 Å². The van der Waals surface area contributed by atoms with Gasteiger partial charge in [0.1, 0.15) is 11.6 Å². The lowest BCUT2D eigenvalue weighted by Crippen LogP contribution is -2.15. The topological polar surface area (TPSA) is 81.9 Å². The molecular formula is C17H16BrN5O2S. The molecule has 7 nitrogen and oxygen atoms in total. The van der Waals surface area contributed by atoms with Gasteiger partial charge in [-0.15, -0.1) is 10.2 Å². The maximum atomic E-state index is 12.1. The van der Waals surface area contributed by atoms with Gasteiger partial charge in [-0.25, -0.2) is 4.98 Å². The summed E-state index contributed by atoms with van der Waals surface area (Å²) in [6.07, 6.45) is 1.63. The van der Waals surface area contributed by atoms with Gasteiger partial charge in [0.15, 0.2) is 11.0 Å². The molecular weight excluding hydrogens is 418 g/mol. The zero-order valence-electron chi connectivity index (χ0n) is 14.1. The molecule has 0 saturated heterocycles. The quantitative estimate of drug-likeness (QED) is 0.599. The normalized spacial score (nSPS) is 10.6. The van der Waals surface area contributed by atoms with Crippen LogP contribution >= 0.6 is 27.7 Å². The number of nitrogens with zero attached hydrogens (tertiary/aromatic N) is 4. The monoisotopic (exact) mass is 433 g/mol. The molecule has 0 radical (unpaired) electrons. The summed E-state index contributed by atoms with van der Waals surface area (Å²) in [4.78, 5) is 16.2. The predicted molar refractivity (Wildman–Crippen MR) is 104 cm³/mol. The van der Waals surface area contributed by atoms with E-state index in [-0.39, 0.29) is 11.7 Å². The van der Waals surface area contributed by atoms with Gasteiger partial charge in [0.05, 0.1) is 12.9 Å². The van der Waals surface area contributed by atoms with E-state index < -0.39 is 0 Å². The lowest BCUT2D eigenvalue weighted by atomic mass is 10.2. The van der Waals surface area contributed by atoms with E-state index in [0.29, 0.717) is 11.0 Å². The number of hydrogen-bond donors (Lipinski definition) is 1. The van der Waals surface area contributed by atoms with Crippen LogP contribution in [-0.4, -0.2) is 38.5 Å². The van der Waals surface area contributed by atoms with Gasteiger partial charge in [0, 0.05) is 23.3 Å². The van der Waals surface area contributed by atoms with Crippen LogP contribution in [-0.2, 0) is 11.8 Å². The Morgan fingerprint density at radius 2 is 2.00 bits per heavy atom. The highest BCUT2D eigenvalue weighted by atomic mass is 79.9. The summed E-state index contributed by atoms with van der Waals surface area (Å²) in [6.45, 7) is 0. The Morgan fingerprint density at radius 3 is 2.65 bits per heavy atom. The largest absolute Gasteiger partial charge is 0.497 e. The Bertz CT molecular complexity index is 897. The zero-order valence-corrected chi connectivity index (χ0v) is 16.5. The number of rotatable bonds is 6. The van der Waals surface area contributed by atoms with Gasteiger partial charge in [-0.2, -0.15) is 0 Å². The summed E-state index contributed by atoms with van der Waals surface area (Å²) < 4.78 is 7.88. The second kappa shape index (κ2) is 8.33. The molecule has 0 aliphatic heterocycles. The van der Waals surface area contributed by atoms with Gasteiger partial charge < -0.3 is 14.6 Å². The minimum Gasteiger partial charge on any atom is -0.497 e. The highest BCUT2D eigenvalue weighted by molar-refractivity contribution is 9.10. The third-order valence-corrected chi connectivity index (χ3v) is 5.00. The highest BCUT2D eigenvalue weighted by Crippen LogP contribution is 2.24. The second-order valence-corrected chi connectivity index (χ2v) is 7.15. The maximum absolute atomic E-state index is 12.1. The van der Waals surface area contributed by atoms with Crippen molar-refractivity contribution in [2.45, 2.75) is 5.16 Å². The van der Waals surface area contributed by atoms with E-state index in [1.807, 2.05) is 41.9 Å². The molecule has 0 aliphatic carbocycles. The van der Waals surface area contributed by atoms with Crippen LogP contribution in [0.25, 0.3) is 11.4 Å². The molecule has 3 rings (SSSR count). The molecule has 134 valence electrons. The van der Waals surface area contributed by atoms with Crippen LogP contribution < -0.4 is 10.1 Å². The molecule has 0 atom stereocenters. The van der Waals surface area contributed by atoms with Crippen LogP contribution in [0, 0.1) is 0 Å². The van der Waals surface area contributed by atoms with Crippen LogP contribution in [0.5, 0.6) is 5.75 Å². The van der Waals surface area contributed by atoms with Gasteiger partial charge in [-0.05, 0) is 52.3 Å². The Kier molecular flexibility index (Phi) is 5.89. The van der Waals surface area contributed by atoms with Gasteiger partial charge >= 0.3 is 0 Å². The third-order valence-electron chi connectivity index (χ3n) is 3.51. The predicted octanol–water partition coefficient (Wildman–Crippen LogP) is 3.38. The summed E-state index contributed by atoms with van der Waals surface area (Å²) in [5.41, 5.74) is 0.927. The number of methoxy groups -OCH3 is 1. The van der Waals surface area contributed by atoms with E-state index in [1.54, 1.807) is 19.4 Å². The highest BCUT2D eigenvalue weighted by Gasteiger charge is 2.13. The van der Waals surface area contributed by atoms with E-state index in [4.69, 9.17) is 4.74 Å². The van der Waals surface area contributed by atoms with E-state index in [2.05, 4.69) is 36.4 Å². The molecule has 0 bridgehead atoms. The fourth-order valence-electron chi connectivity index (χ4n) is 2.19. The Labute approximate surface area is 163 Å². The minimum atomic E-state index is -0.154. The molecule has 2 heterocycles. The van der Waals surface area contributed by atoms with Crippen molar-refractivity contribution in [1.29, 1.82) is 0 Å². The second-order valence-electron chi connectivity index (χ2n) is 5.29. The number of anilines is 1. The zero-order chi connectivity index (χ0) is 18.5. The summed E-state index contributed by atoms with van der Waals surface area (Å²) in [5, 5.41) is 11.8. The van der Waals surface area contributed by atoms with Crippen molar-refractivity contribution >= 4 is 39.4 Å². The number of thioether (sulfide) groups is 1. The third kappa shape index (κ3) is 4.41. The molecule has 1 N–H and O–H groups in total. The summed E-state index contributed by atoms with van der Waals surface area (Å²) in [5.74, 6) is 2.08. The maximum Gasteiger partial charge on any atom is 0.236 e. The van der Waals surface area contributed by atoms with Crippen molar-refractivity contribution in [1.82, 2.24) is 19.7 Å². The minimum absolute atomic E-state index is 0.154. The first-order valence-corrected chi connectivity index (χ1v) is 9.42. The number of halogens is 1. The number of ether oxygens (including phenoxy) is 1. The average molecular weight is 434 g/mol. The molecule has 0 spiro atoms. The molecule has 0 fully saturated rings. The van der Waals surface area contributed by atoms with Crippen molar-refractivity contribution < 1.29 is 9.53 Å². The van der Waals surface area contributed by atoms with E-state index in [0.717, 1.165) is 21.6 Å². The van der Waals surface area contributed by atoms with Crippen molar-refractivity contribution in [3.63, 3.8) is 0 Å². The Balaban J connectivity index is 1.62. The van der Waals surface area contributed by atoms with Gasteiger partial charge in [-0.3, -0.25) is 4.79 Å². The summed E-state index contributed by atoms with van der Waals surface area (Å²) >= 11 is 4.62. The van der Waals surface area contributed by atoms with Crippen LogP contribution in [0.1, 0.15) is 0 Å². The Morgan fingerprint density at radius 1 is 1.23 bits per heavy atom. The molecule has 26 heavy (non-hydrogen) atoms. The fraction of sp³-hybridized carbons (Fsp3) is 0.176. The lowest BCUT2D eigenvalue weighted by Gasteiger charge is -2.06. The number of benzene rings is 1. The van der Waals surface area contributed by atoms with E-state index in [9.17, 15) is 4.79 Å². The molecule has 3 aromatic rings. The molecule has 0 saturated carbocycles. The average Bonchev–Trinajstić information content (AvgIpc) is 3.02. The number of carbonyl (C=O) groups excluding carboxylic acids is 1. The molecule has 1 amide bonds. The first-order valence-electron chi connectivity index (χ1n) is 7.65. The fourth-order valence-corrected chi connectivity index (χ4v) is 3.14. The van der Waals surface area contributed by atoms with E-state index in [1.165, 1.54) is 11.8 Å². The SMILES string of the molecule is COc1ccc(-c2nnc(SCC(=O)Nc3ccc(Br)cn3)n2C)cc1. The van der Waals surface area contributed by atoms with Crippen LogP contribution in [0.2, 0.25) is 0 Å². The van der Waals surface area contributed by atoms with E-state index >= 15 is 0 Å². The summed E-state index contributed by atoms with van der Waals surface area (Å²) in [6, 6.07) is 11.1. The Hall–Kier alpha value is -2.39. The molecule has 1 aromatic carbocycles. The number of carbonyl (C=O) groups is 1. The summed E-state index contributed by atoms with van der Waals surface area (Å²) in [7, 11) is 3.50. The standard InChI is InChI=1S/C17H16BrN5O2S/c1-23-16(11-3-6-13(25-2)7-4-11)21-22-17(23)26-10-15(24)20-14-8-5-12(18)9-19-14/h3-9H,10H2,1-2H3,(H,19,20,24). The van der Waals surface area contributed by atoms with Gasteiger partial charge in [-0.1, -0.05) is 11.8 Å². The van der Waals surface area contributed by atoms with Crippen LogP contribution in [0.4, 0.5) is 5.82 Å². The molecule has 2 aromatic heterocycles. The first-order chi connectivity index (χ1) is 12.6. The van der Waals surface area contributed by atoms with Crippen molar-refractivity contribution in [2.24, 2.45) is 7.05 Å². The van der Waals surface area contributed by atoms with Crippen molar-refractivity contribution in [3.8, 4) is 17.1 Å².